The molecule has 3 nitrogen and oxygen atoms in total. The van der Waals surface area contributed by atoms with Crippen LogP contribution >= 0.6 is 0 Å². The van der Waals surface area contributed by atoms with Crippen LogP contribution in [0, 0.1) is 12.3 Å². The second-order valence-corrected chi connectivity index (χ2v) is 5.83. The molecule has 2 N–H and O–H groups in total. The van der Waals surface area contributed by atoms with Crippen molar-refractivity contribution in [2.75, 3.05) is 13.7 Å². The van der Waals surface area contributed by atoms with Crippen LogP contribution in [0.2, 0.25) is 0 Å². The van der Waals surface area contributed by atoms with E-state index in [2.05, 4.69) is 13.8 Å². The van der Waals surface area contributed by atoms with Gasteiger partial charge in [-0.15, -0.1) is 0 Å². The first kappa shape index (κ1) is 15.7. The number of carbonyl (C=O) groups is 1. The van der Waals surface area contributed by atoms with E-state index in [4.69, 9.17) is 10.5 Å². The summed E-state index contributed by atoms with van der Waals surface area (Å²) in [4.78, 5) is 12.3. The predicted molar refractivity (Wildman–Crippen MR) is 78.7 cm³/mol. The summed E-state index contributed by atoms with van der Waals surface area (Å²) >= 11 is 0. The van der Waals surface area contributed by atoms with E-state index in [0.29, 0.717) is 24.3 Å². The molecule has 1 aromatic rings. The maximum Gasteiger partial charge on any atom is 0.166 e. The number of Topliss-reactive ketones (excluding diaryl/α,β-unsaturated/α-hetero) is 1. The average molecular weight is 263 g/mol. The van der Waals surface area contributed by atoms with Gasteiger partial charge in [0.05, 0.1) is 12.7 Å². The lowest BCUT2D eigenvalue weighted by atomic mass is 9.83. The SMILES string of the molecule is COc1ccc(C)cc1C(=O)CCC(C)(C)CCN. The second-order valence-electron chi connectivity index (χ2n) is 5.83. The van der Waals surface area contributed by atoms with Gasteiger partial charge in [-0.05, 0) is 43.9 Å². The summed E-state index contributed by atoms with van der Waals surface area (Å²) in [6.07, 6.45) is 2.32. The largest absolute Gasteiger partial charge is 0.496 e. The molecule has 0 aliphatic rings. The Kier molecular flexibility index (Phi) is 5.55. The van der Waals surface area contributed by atoms with Crippen LogP contribution < -0.4 is 10.5 Å². The van der Waals surface area contributed by atoms with E-state index in [0.717, 1.165) is 18.4 Å². The third-order valence-corrected chi connectivity index (χ3v) is 3.51. The van der Waals surface area contributed by atoms with Crippen molar-refractivity contribution in [3.63, 3.8) is 0 Å². The highest BCUT2D eigenvalue weighted by molar-refractivity contribution is 5.98. The van der Waals surface area contributed by atoms with Crippen molar-refractivity contribution >= 4 is 5.78 Å². The topological polar surface area (TPSA) is 52.3 Å². The third-order valence-electron chi connectivity index (χ3n) is 3.51. The fourth-order valence-electron chi connectivity index (χ4n) is 2.14. The number of methoxy groups -OCH3 is 1. The Balaban J connectivity index is 2.76. The minimum absolute atomic E-state index is 0.113. The maximum atomic E-state index is 12.3. The van der Waals surface area contributed by atoms with Gasteiger partial charge in [0.1, 0.15) is 5.75 Å². The molecular formula is C16H25NO2. The summed E-state index contributed by atoms with van der Waals surface area (Å²) in [5, 5.41) is 0. The molecule has 0 heterocycles. The number of aryl methyl sites for hydroxylation is 1. The molecule has 0 fully saturated rings. The smallest absolute Gasteiger partial charge is 0.166 e. The molecule has 0 atom stereocenters. The lowest BCUT2D eigenvalue weighted by Crippen LogP contribution is -2.18. The van der Waals surface area contributed by atoms with Crippen LogP contribution in [0.1, 0.15) is 49.0 Å². The van der Waals surface area contributed by atoms with E-state index in [1.54, 1.807) is 7.11 Å². The van der Waals surface area contributed by atoms with Crippen LogP contribution in [0.5, 0.6) is 5.75 Å². The van der Waals surface area contributed by atoms with Gasteiger partial charge in [0.2, 0.25) is 0 Å². The Morgan fingerprint density at radius 3 is 2.58 bits per heavy atom. The summed E-state index contributed by atoms with van der Waals surface area (Å²) in [6.45, 7) is 6.95. The summed E-state index contributed by atoms with van der Waals surface area (Å²) < 4.78 is 5.26. The summed E-state index contributed by atoms with van der Waals surface area (Å²) in [7, 11) is 1.60. The monoisotopic (exact) mass is 263 g/mol. The molecule has 0 saturated heterocycles. The van der Waals surface area contributed by atoms with E-state index >= 15 is 0 Å². The van der Waals surface area contributed by atoms with Crippen molar-refractivity contribution in [1.29, 1.82) is 0 Å². The molecule has 0 aliphatic carbocycles. The molecule has 19 heavy (non-hydrogen) atoms. The zero-order chi connectivity index (χ0) is 14.5. The fraction of sp³-hybridized carbons (Fsp3) is 0.562. The van der Waals surface area contributed by atoms with Gasteiger partial charge < -0.3 is 10.5 Å². The fourth-order valence-corrected chi connectivity index (χ4v) is 2.14. The lowest BCUT2D eigenvalue weighted by Gasteiger charge is -2.23. The van der Waals surface area contributed by atoms with E-state index in [1.807, 2.05) is 25.1 Å². The minimum Gasteiger partial charge on any atom is -0.496 e. The standard InChI is InChI=1S/C16H25NO2/c1-12-5-6-15(19-4)13(11-12)14(18)7-8-16(2,3)9-10-17/h5-6,11H,7-10,17H2,1-4H3. The van der Waals surface area contributed by atoms with Gasteiger partial charge >= 0.3 is 0 Å². The first-order valence-electron chi connectivity index (χ1n) is 6.77. The Hall–Kier alpha value is -1.35. The van der Waals surface area contributed by atoms with Crippen molar-refractivity contribution in [2.24, 2.45) is 11.1 Å². The molecule has 0 aliphatic heterocycles. The molecule has 0 saturated carbocycles. The summed E-state index contributed by atoms with van der Waals surface area (Å²) in [5.74, 6) is 0.804. The van der Waals surface area contributed by atoms with Crippen molar-refractivity contribution < 1.29 is 9.53 Å². The molecule has 0 unspecified atom stereocenters. The Bertz CT molecular complexity index is 438. The Labute approximate surface area is 116 Å². The Morgan fingerprint density at radius 2 is 2.00 bits per heavy atom. The highest BCUT2D eigenvalue weighted by Crippen LogP contribution is 2.28. The third kappa shape index (κ3) is 4.67. The molecule has 3 heteroatoms. The molecule has 0 spiro atoms. The molecule has 1 rings (SSSR count). The summed E-state index contributed by atoms with van der Waals surface area (Å²) in [6, 6.07) is 5.71. The molecule has 0 bridgehead atoms. The van der Waals surface area contributed by atoms with Crippen molar-refractivity contribution in [3.05, 3.63) is 29.3 Å². The van der Waals surface area contributed by atoms with Gasteiger partial charge in [-0.3, -0.25) is 4.79 Å². The first-order chi connectivity index (χ1) is 8.89. The van der Waals surface area contributed by atoms with E-state index in [9.17, 15) is 4.79 Å². The molecule has 106 valence electrons. The van der Waals surface area contributed by atoms with E-state index in [-0.39, 0.29) is 11.2 Å². The molecule has 0 aromatic heterocycles. The highest BCUT2D eigenvalue weighted by atomic mass is 16.5. The lowest BCUT2D eigenvalue weighted by molar-refractivity contribution is 0.0958. The number of rotatable bonds is 7. The van der Waals surface area contributed by atoms with Crippen molar-refractivity contribution in [2.45, 2.75) is 40.0 Å². The Morgan fingerprint density at radius 1 is 1.32 bits per heavy atom. The quantitative estimate of drug-likeness (QED) is 0.768. The number of ether oxygens (including phenoxy) is 1. The molecule has 0 radical (unpaired) electrons. The van der Waals surface area contributed by atoms with Crippen LogP contribution in [0.25, 0.3) is 0 Å². The van der Waals surface area contributed by atoms with E-state index < -0.39 is 0 Å². The van der Waals surface area contributed by atoms with Gasteiger partial charge in [-0.1, -0.05) is 25.5 Å². The van der Waals surface area contributed by atoms with Gasteiger partial charge in [0, 0.05) is 6.42 Å². The van der Waals surface area contributed by atoms with Crippen LogP contribution in [-0.4, -0.2) is 19.4 Å². The number of hydrogen-bond acceptors (Lipinski definition) is 3. The van der Waals surface area contributed by atoms with Crippen molar-refractivity contribution in [1.82, 2.24) is 0 Å². The number of ketones is 1. The predicted octanol–water partition coefficient (Wildman–Crippen LogP) is 3.34. The van der Waals surface area contributed by atoms with Gasteiger partial charge in [-0.2, -0.15) is 0 Å². The minimum atomic E-state index is 0.113. The normalized spacial score (nSPS) is 11.4. The van der Waals surface area contributed by atoms with E-state index in [1.165, 1.54) is 0 Å². The van der Waals surface area contributed by atoms with Crippen LogP contribution in [-0.2, 0) is 0 Å². The van der Waals surface area contributed by atoms with Crippen LogP contribution in [0.3, 0.4) is 0 Å². The van der Waals surface area contributed by atoms with Gasteiger partial charge in [0.25, 0.3) is 0 Å². The second kappa shape index (κ2) is 6.71. The number of nitrogens with two attached hydrogens (primary N) is 1. The number of benzene rings is 1. The van der Waals surface area contributed by atoms with Crippen LogP contribution in [0.15, 0.2) is 18.2 Å². The first-order valence-corrected chi connectivity index (χ1v) is 6.77. The van der Waals surface area contributed by atoms with Gasteiger partial charge in [0.15, 0.2) is 5.78 Å². The maximum absolute atomic E-state index is 12.3. The van der Waals surface area contributed by atoms with Crippen molar-refractivity contribution in [3.8, 4) is 5.75 Å². The molecule has 1 aromatic carbocycles. The van der Waals surface area contributed by atoms with Gasteiger partial charge in [-0.25, -0.2) is 0 Å². The average Bonchev–Trinajstić information content (AvgIpc) is 2.36. The molecular weight excluding hydrogens is 238 g/mol. The molecule has 0 amide bonds. The zero-order valence-corrected chi connectivity index (χ0v) is 12.5. The highest BCUT2D eigenvalue weighted by Gasteiger charge is 2.20. The zero-order valence-electron chi connectivity index (χ0n) is 12.5. The summed E-state index contributed by atoms with van der Waals surface area (Å²) in [5.41, 5.74) is 7.47. The number of carbonyl (C=O) groups excluding carboxylic acids is 1. The number of hydrogen-bond donors (Lipinski definition) is 1. The van der Waals surface area contributed by atoms with Crippen LogP contribution in [0.4, 0.5) is 0 Å².